The molecule has 2 aliphatic heterocycles. The van der Waals surface area contributed by atoms with E-state index in [1.54, 1.807) is 12.1 Å². The van der Waals surface area contributed by atoms with Crippen molar-refractivity contribution in [3.05, 3.63) is 65.9 Å². The number of carboxylic acid groups (broad SMARTS) is 1. The van der Waals surface area contributed by atoms with Crippen molar-refractivity contribution in [2.45, 2.75) is 44.1 Å². The molecule has 3 aromatic rings. The zero-order chi connectivity index (χ0) is 23.3. The van der Waals surface area contributed by atoms with Gasteiger partial charge in [0.25, 0.3) is 5.91 Å². The Kier molecular flexibility index (Phi) is 5.14. The first-order chi connectivity index (χ1) is 16.5. The number of carboxylic acids is 1. The van der Waals surface area contributed by atoms with Crippen LogP contribution in [0.5, 0.6) is 0 Å². The van der Waals surface area contributed by atoms with Gasteiger partial charge in [-0.25, -0.2) is 4.79 Å². The summed E-state index contributed by atoms with van der Waals surface area (Å²) in [6, 6.07) is 15.9. The van der Waals surface area contributed by atoms with Crippen molar-refractivity contribution in [3.63, 3.8) is 0 Å². The van der Waals surface area contributed by atoms with E-state index in [4.69, 9.17) is 4.74 Å². The van der Waals surface area contributed by atoms with Crippen LogP contribution in [0.1, 0.15) is 53.9 Å². The van der Waals surface area contributed by atoms with Gasteiger partial charge in [0.05, 0.1) is 11.1 Å². The maximum absolute atomic E-state index is 12.7. The van der Waals surface area contributed by atoms with Crippen LogP contribution in [0.15, 0.2) is 54.7 Å². The number of aromatic nitrogens is 1. The molecule has 2 atom stereocenters. The van der Waals surface area contributed by atoms with Gasteiger partial charge in [0, 0.05) is 36.8 Å². The molecule has 2 aromatic carbocycles. The molecule has 3 fully saturated rings. The van der Waals surface area contributed by atoms with Crippen molar-refractivity contribution < 1.29 is 19.4 Å². The molecule has 3 aliphatic rings. The van der Waals surface area contributed by atoms with Gasteiger partial charge >= 0.3 is 5.97 Å². The Labute approximate surface area is 198 Å². The highest BCUT2D eigenvalue weighted by atomic mass is 16.5. The Hall–Kier alpha value is -3.25. The number of rotatable bonds is 4. The third-order valence-electron chi connectivity index (χ3n) is 8.04. The zero-order valence-electron chi connectivity index (χ0n) is 19.1. The quantitative estimate of drug-likeness (QED) is 0.606. The summed E-state index contributed by atoms with van der Waals surface area (Å²) in [5.41, 5.74) is 4.78. The van der Waals surface area contributed by atoms with Gasteiger partial charge in [-0.15, -0.1) is 0 Å². The summed E-state index contributed by atoms with van der Waals surface area (Å²) >= 11 is 0. The van der Waals surface area contributed by atoms with Crippen LogP contribution < -0.4 is 0 Å². The van der Waals surface area contributed by atoms with Crippen LogP contribution >= 0.6 is 0 Å². The van der Waals surface area contributed by atoms with Crippen molar-refractivity contribution in [1.82, 2.24) is 9.88 Å². The monoisotopic (exact) mass is 456 g/mol. The van der Waals surface area contributed by atoms with Gasteiger partial charge in [-0.3, -0.25) is 9.78 Å². The molecule has 1 N–H and O–H groups in total. The Bertz CT molecular complexity index is 1260. The average molecular weight is 457 g/mol. The minimum absolute atomic E-state index is 0.192. The molecular formula is C28H28N2O4. The molecule has 2 saturated heterocycles. The van der Waals surface area contributed by atoms with E-state index in [1.165, 1.54) is 12.0 Å². The van der Waals surface area contributed by atoms with E-state index >= 15 is 0 Å². The minimum Gasteiger partial charge on any atom is -0.478 e. The number of fused-ring (bicyclic) bond motifs is 1. The third kappa shape index (κ3) is 3.76. The van der Waals surface area contributed by atoms with E-state index in [0.29, 0.717) is 23.5 Å². The number of aromatic carboxylic acids is 1. The summed E-state index contributed by atoms with van der Waals surface area (Å²) in [4.78, 5) is 30.3. The molecule has 34 heavy (non-hydrogen) atoms. The molecule has 6 rings (SSSR count). The van der Waals surface area contributed by atoms with Crippen LogP contribution in [0.3, 0.4) is 0 Å². The summed E-state index contributed by atoms with van der Waals surface area (Å²) in [5.74, 6) is -0.177. The average Bonchev–Trinajstić information content (AvgIpc) is 3.28. The Morgan fingerprint density at radius 1 is 1.03 bits per heavy atom. The Morgan fingerprint density at radius 2 is 1.82 bits per heavy atom. The lowest BCUT2D eigenvalue weighted by atomic mass is 9.88. The highest BCUT2D eigenvalue weighted by Gasteiger charge is 2.55. The summed E-state index contributed by atoms with van der Waals surface area (Å²) in [5, 5.41) is 10.1. The summed E-state index contributed by atoms with van der Waals surface area (Å²) in [7, 11) is 0. The Balaban J connectivity index is 1.12. The molecule has 3 heterocycles. The van der Waals surface area contributed by atoms with Crippen LogP contribution in [0.4, 0.5) is 0 Å². The first-order valence-electron chi connectivity index (χ1n) is 12.2. The fourth-order valence-corrected chi connectivity index (χ4v) is 5.84. The van der Waals surface area contributed by atoms with Gasteiger partial charge in [-0.1, -0.05) is 30.3 Å². The molecule has 6 heteroatoms. The maximum Gasteiger partial charge on any atom is 0.335 e. The second kappa shape index (κ2) is 8.20. The van der Waals surface area contributed by atoms with Gasteiger partial charge in [-0.05, 0) is 72.8 Å². The number of benzene rings is 2. The number of carbonyl (C=O) groups excluding carboxylic acids is 1. The van der Waals surface area contributed by atoms with Crippen molar-refractivity contribution in [2.75, 3.05) is 19.7 Å². The first-order valence-corrected chi connectivity index (χ1v) is 12.2. The van der Waals surface area contributed by atoms with Gasteiger partial charge in [-0.2, -0.15) is 0 Å². The number of carbonyl (C=O) groups is 2. The fourth-order valence-electron chi connectivity index (χ4n) is 5.84. The molecule has 6 nitrogen and oxygen atoms in total. The zero-order valence-corrected chi connectivity index (χ0v) is 19.1. The minimum atomic E-state index is -0.943. The molecule has 1 aromatic heterocycles. The third-order valence-corrected chi connectivity index (χ3v) is 8.04. The predicted molar refractivity (Wildman–Crippen MR) is 129 cm³/mol. The molecule has 174 valence electrons. The number of hydrogen-bond acceptors (Lipinski definition) is 4. The summed E-state index contributed by atoms with van der Waals surface area (Å²) in [6.45, 7) is 2.41. The highest BCUT2D eigenvalue weighted by molar-refractivity contribution is 5.94. The van der Waals surface area contributed by atoms with Crippen LogP contribution in [-0.2, 0) is 9.53 Å². The van der Waals surface area contributed by atoms with Crippen LogP contribution in [0.25, 0.3) is 22.0 Å². The number of piperidine rings is 1. The van der Waals surface area contributed by atoms with Crippen LogP contribution in [-0.4, -0.2) is 52.7 Å². The van der Waals surface area contributed by atoms with Crippen molar-refractivity contribution >= 4 is 22.8 Å². The van der Waals surface area contributed by atoms with E-state index < -0.39 is 5.97 Å². The number of hydrogen-bond donors (Lipinski definition) is 1. The number of pyridine rings is 1. The molecule has 1 aliphatic carbocycles. The maximum atomic E-state index is 12.7. The Morgan fingerprint density at radius 3 is 2.53 bits per heavy atom. The second-order valence-electron chi connectivity index (χ2n) is 10.0. The van der Waals surface area contributed by atoms with Crippen LogP contribution in [0, 0.1) is 5.41 Å². The van der Waals surface area contributed by atoms with Gasteiger partial charge in [0.2, 0.25) is 0 Å². The van der Waals surface area contributed by atoms with Crippen molar-refractivity contribution in [2.24, 2.45) is 5.41 Å². The predicted octanol–water partition coefficient (Wildman–Crippen LogP) is 4.88. The number of ether oxygens (including phenoxy) is 1. The van der Waals surface area contributed by atoms with Crippen LogP contribution in [0.2, 0.25) is 0 Å². The van der Waals surface area contributed by atoms with E-state index in [2.05, 4.69) is 35.3 Å². The van der Waals surface area contributed by atoms with Gasteiger partial charge < -0.3 is 14.7 Å². The SMILES string of the molecule is O=C(O)c1ccc2cc(-c3ccc([C@H]4CC45CCN(C(=O)[C@H]4CCCO4)CC5)cc3)cnc2c1. The second-order valence-corrected chi connectivity index (χ2v) is 10.0. The molecule has 0 bridgehead atoms. The first kappa shape index (κ1) is 21.3. The molecule has 1 spiro atoms. The topological polar surface area (TPSA) is 79.7 Å². The summed E-state index contributed by atoms with van der Waals surface area (Å²) in [6.07, 6.45) is 6.81. The standard InChI is InChI=1S/C28H28N2O4/c31-26(25-2-1-13-34-25)30-11-9-28(10-12-30)16-23(28)19-5-3-18(4-6-19)22-14-20-7-8-21(27(32)33)15-24(20)29-17-22/h3-8,14-15,17,23,25H,1-2,9-13,16H2,(H,32,33)/t23-,25-/m1/s1. The number of nitrogens with zero attached hydrogens (tertiary/aromatic N) is 2. The van der Waals surface area contributed by atoms with Crippen molar-refractivity contribution in [1.29, 1.82) is 0 Å². The molecule has 1 saturated carbocycles. The van der Waals surface area contributed by atoms with E-state index in [9.17, 15) is 14.7 Å². The van der Waals surface area contributed by atoms with Gasteiger partial charge in [0.1, 0.15) is 6.10 Å². The fraction of sp³-hybridized carbons (Fsp3) is 0.393. The molecule has 0 unspecified atom stereocenters. The smallest absolute Gasteiger partial charge is 0.335 e. The summed E-state index contributed by atoms with van der Waals surface area (Å²) < 4.78 is 5.59. The lowest BCUT2D eigenvalue weighted by molar-refractivity contribution is -0.142. The largest absolute Gasteiger partial charge is 0.478 e. The number of likely N-dealkylation sites (tertiary alicyclic amines) is 1. The van der Waals surface area contributed by atoms with Crippen molar-refractivity contribution in [3.8, 4) is 11.1 Å². The van der Waals surface area contributed by atoms with E-state index in [-0.39, 0.29) is 17.6 Å². The molecule has 1 amide bonds. The van der Waals surface area contributed by atoms with Gasteiger partial charge in [0.15, 0.2) is 0 Å². The molecular weight excluding hydrogens is 428 g/mol. The molecule has 0 radical (unpaired) electrons. The highest BCUT2D eigenvalue weighted by Crippen LogP contribution is 2.65. The van der Waals surface area contributed by atoms with E-state index in [1.807, 2.05) is 17.2 Å². The van der Waals surface area contributed by atoms with E-state index in [0.717, 1.165) is 55.3 Å². The normalized spacial score (nSPS) is 23.4. The lowest BCUT2D eigenvalue weighted by Crippen LogP contribution is -2.44. The lowest BCUT2D eigenvalue weighted by Gasteiger charge is -2.34. The number of amides is 1.